The molecule has 18 heavy (non-hydrogen) atoms. The lowest BCUT2D eigenvalue weighted by atomic mass is 9.85. The van der Waals surface area contributed by atoms with Crippen LogP contribution in [0.15, 0.2) is 0 Å². The van der Waals surface area contributed by atoms with Crippen LogP contribution in [0.1, 0.15) is 39.5 Å². The predicted octanol–water partition coefficient (Wildman–Crippen LogP) is 3.04. The summed E-state index contributed by atoms with van der Waals surface area (Å²) in [4.78, 5) is 2.09. The lowest BCUT2D eigenvalue weighted by Gasteiger charge is -2.37. The number of alkyl halides is 3. The van der Waals surface area contributed by atoms with Gasteiger partial charge in [-0.1, -0.05) is 6.42 Å². The van der Waals surface area contributed by atoms with E-state index in [-0.39, 0.29) is 18.0 Å². The summed E-state index contributed by atoms with van der Waals surface area (Å²) in [6.07, 6.45) is -1.98. The third-order valence-electron chi connectivity index (χ3n) is 4.17. The van der Waals surface area contributed by atoms with Gasteiger partial charge in [0.05, 0.1) is 5.92 Å². The molecule has 1 N–H and O–H groups in total. The van der Waals surface area contributed by atoms with Gasteiger partial charge in [-0.2, -0.15) is 13.2 Å². The van der Waals surface area contributed by atoms with E-state index in [1.165, 1.54) is 0 Å². The molecule has 0 saturated heterocycles. The predicted molar refractivity (Wildman–Crippen MR) is 67.6 cm³/mol. The Morgan fingerprint density at radius 2 is 1.78 bits per heavy atom. The molecule has 0 aromatic heterocycles. The van der Waals surface area contributed by atoms with Crippen molar-refractivity contribution in [2.75, 3.05) is 20.6 Å². The molecule has 0 radical (unpaired) electrons. The van der Waals surface area contributed by atoms with E-state index in [1.807, 2.05) is 14.1 Å². The molecule has 2 atom stereocenters. The molecule has 0 spiro atoms. The second-order valence-corrected chi connectivity index (χ2v) is 6.19. The summed E-state index contributed by atoms with van der Waals surface area (Å²) in [6, 6.07) is 0.00426. The second-order valence-electron chi connectivity index (χ2n) is 6.19. The van der Waals surface area contributed by atoms with E-state index in [4.69, 9.17) is 0 Å². The van der Waals surface area contributed by atoms with Crippen LogP contribution in [0, 0.1) is 5.92 Å². The maximum Gasteiger partial charge on any atom is 0.391 e. The zero-order chi connectivity index (χ0) is 14.0. The molecular weight excluding hydrogens is 241 g/mol. The van der Waals surface area contributed by atoms with Gasteiger partial charge in [-0.15, -0.1) is 0 Å². The van der Waals surface area contributed by atoms with Crippen molar-refractivity contribution in [1.29, 1.82) is 0 Å². The Bertz CT molecular complexity index is 261. The van der Waals surface area contributed by atoms with E-state index in [2.05, 4.69) is 24.1 Å². The third-order valence-corrected chi connectivity index (χ3v) is 4.17. The van der Waals surface area contributed by atoms with E-state index in [9.17, 15) is 13.2 Å². The number of rotatable bonds is 4. The Kier molecular flexibility index (Phi) is 5.06. The van der Waals surface area contributed by atoms with E-state index < -0.39 is 12.1 Å². The molecule has 0 amide bonds. The Morgan fingerprint density at radius 1 is 1.17 bits per heavy atom. The maximum absolute atomic E-state index is 12.7. The van der Waals surface area contributed by atoms with Crippen molar-refractivity contribution in [2.24, 2.45) is 5.92 Å². The Balaban J connectivity index is 2.44. The van der Waals surface area contributed by atoms with E-state index in [0.29, 0.717) is 12.8 Å². The zero-order valence-corrected chi connectivity index (χ0v) is 11.8. The van der Waals surface area contributed by atoms with Crippen LogP contribution in [0.5, 0.6) is 0 Å². The summed E-state index contributed by atoms with van der Waals surface area (Å²) < 4.78 is 38.0. The monoisotopic (exact) mass is 266 g/mol. The van der Waals surface area contributed by atoms with Crippen molar-refractivity contribution < 1.29 is 13.2 Å². The summed E-state index contributed by atoms with van der Waals surface area (Å²) in [6.45, 7) is 4.89. The number of likely N-dealkylation sites (N-methyl/N-ethyl adjacent to an activating group) is 1. The van der Waals surface area contributed by atoms with Crippen LogP contribution >= 0.6 is 0 Å². The van der Waals surface area contributed by atoms with Crippen molar-refractivity contribution in [3.8, 4) is 0 Å². The van der Waals surface area contributed by atoms with Crippen molar-refractivity contribution in [2.45, 2.75) is 57.3 Å². The van der Waals surface area contributed by atoms with Crippen molar-refractivity contribution in [3.63, 3.8) is 0 Å². The smallest absolute Gasteiger partial charge is 0.312 e. The van der Waals surface area contributed by atoms with Gasteiger partial charge in [-0.3, -0.25) is 0 Å². The van der Waals surface area contributed by atoms with Crippen LogP contribution in [0.3, 0.4) is 0 Å². The lowest BCUT2D eigenvalue weighted by molar-refractivity contribution is -0.183. The summed E-state index contributed by atoms with van der Waals surface area (Å²) in [5, 5.41) is 3.30. The molecule has 0 aliphatic heterocycles. The number of hydrogen-bond donors (Lipinski definition) is 1. The first-order chi connectivity index (χ1) is 8.13. The third kappa shape index (κ3) is 4.43. The number of hydrogen-bond acceptors (Lipinski definition) is 2. The van der Waals surface area contributed by atoms with Crippen LogP contribution in [0.2, 0.25) is 0 Å². The first kappa shape index (κ1) is 15.8. The van der Waals surface area contributed by atoms with Crippen molar-refractivity contribution in [1.82, 2.24) is 10.2 Å². The standard InChI is InChI=1S/C13H25F3N2/c1-12(2,18(3)4)9-17-11-7-5-6-10(8-11)13(14,15)16/h10-11,17H,5-9H2,1-4H3. The highest BCUT2D eigenvalue weighted by Gasteiger charge is 2.42. The van der Waals surface area contributed by atoms with Crippen molar-refractivity contribution >= 4 is 0 Å². The fourth-order valence-electron chi connectivity index (χ4n) is 2.22. The van der Waals surface area contributed by atoms with Gasteiger partial charge in [0.2, 0.25) is 0 Å². The molecule has 2 nitrogen and oxygen atoms in total. The van der Waals surface area contributed by atoms with Crippen LogP contribution in [-0.4, -0.2) is 43.3 Å². The molecule has 1 aliphatic rings. The quantitative estimate of drug-likeness (QED) is 0.841. The van der Waals surface area contributed by atoms with Crippen LogP contribution < -0.4 is 5.32 Å². The minimum absolute atomic E-state index is 0.00426. The summed E-state index contributed by atoms with van der Waals surface area (Å²) in [5.41, 5.74) is -0.0365. The van der Waals surface area contributed by atoms with Gasteiger partial charge in [-0.25, -0.2) is 0 Å². The molecule has 0 aromatic rings. The average Bonchev–Trinajstić information content (AvgIpc) is 2.25. The molecule has 1 rings (SSSR count). The minimum Gasteiger partial charge on any atom is -0.312 e. The number of nitrogens with one attached hydrogen (secondary N) is 1. The summed E-state index contributed by atoms with van der Waals surface area (Å²) in [7, 11) is 3.97. The van der Waals surface area contributed by atoms with Gasteiger partial charge in [0.1, 0.15) is 0 Å². The second kappa shape index (κ2) is 5.78. The summed E-state index contributed by atoms with van der Waals surface area (Å²) >= 11 is 0. The Morgan fingerprint density at radius 3 is 2.28 bits per heavy atom. The highest BCUT2D eigenvalue weighted by molar-refractivity contribution is 4.86. The molecular formula is C13H25F3N2. The molecule has 1 aliphatic carbocycles. The first-order valence-electron chi connectivity index (χ1n) is 6.60. The molecule has 1 saturated carbocycles. The first-order valence-corrected chi connectivity index (χ1v) is 6.60. The molecule has 0 heterocycles. The fourth-order valence-corrected chi connectivity index (χ4v) is 2.22. The SMILES string of the molecule is CN(C)C(C)(C)CNC1CCCC(C(F)(F)F)C1. The van der Waals surface area contributed by atoms with Gasteiger partial charge in [0, 0.05) is 18.1 Å². The van der Waals surface area contributed by atoms with E-state index in [0.717, 1.165) is 13.0 Å². The van der Waals surface area contributed by atoms with Gasteiger partial charge in [-0.05, 0) is 47.2 Å². The molecule has 0 bridgehead atoms. The zero-order valence-electron chi connectivity index (χ0n) is 11.8. The van der Waals surface area contributed by atoms with Crippen LogP contribution in [0.4, 0.5) is 13.2 Å². The maximum atomic E-state index is 12.7. The lowest BCUT2D eigenvalue weighted by Crippen LogP contribution is -2.50. The molecule has 0 aromatic carbocycles. The van der Waals surface area contributed by atoms with E-state index >= 15 is 0 Å². The number of nitrogens with zero attached hydrogens (tertiary/aromatic N) is 1. The minimum atomic E-state index is -4.03. The highest BCUT2D eigenvalue weighted by atomic mass is 19.4. The number of halogens is 3. The largest absolute Gasteiger partial charge is 0.391 e. The Labute approximate surface area is 108 Å². The Hall–Kier alpha value is -0.290. The molecule has 108 valence electrons. The van der Waals surface area contributed by atoms with Crippen LogP contribution in [-0.2, 0) is 0 Å². The average molecular weight is 266 g/mol. The van der Waals surface area contributed by atoms with Gasteiger partial charge in [0.15, 0.2) is 0 Å². The normalized spacial score (nSPS) is 26.7. The highest BCUT2D eigenvalue weighted by Crippen LogP contribution is 2.37. The van der Waals surface area contributed by atoms with Gasteiger partial charge in [0.25, 0.3) is 0 Å². The van der Waals surface area contributed by atoms with Gasteiger partial charge >= 0.3 is 6.18 Å². The summed E-state index contributed by atoms with van der Waals surface area (Å²) in [5.74, 6) is -1.12. The topological polar surface area (TPSA) is 15.3 Å². The fraction of sp³-hybridized carbons (Fsp3) is 1.00. The van der Waals surface area contributed by atoms with E-state index in [1.54, 1.807) is 0 Å². The molecule has 5 heteroatoms. The van der Waals surface area contributed by atoms with Crippen LogP contribution in [0.25, 0.3) is 0 Å². The van der Waals surface area contributed by atoms with Gasteiger partial charge < -0.3 is 10.2 Å². The molecule has 1 fully saturated rings. The van der Waals surface area contributed by atoms with Crippen molar-refractivity contribution in [3.05, 3.63) is 0 Å². The molecule has 2 unspecified atom stereocenters.